The van der Waals surface area contributed by atoms with Gasteiger partial charge in [0.15, 0.2) is 0 Å². The van der Waals surface area contributed by atoms with Crippen LogP contribution in [0.2, 0.25) is 0 Å². The Hall–Kier alpha value is -2.14. The summed E-state index contributed by atoms with van der Waals surface area (Å²) in [4.78, 5) is 13.3. The fourth-order valence-electron chi connectivity index (χ4n) is 3.24. The first-order valence-electron chi connectivity index (χ1n) is 8.68. The fourth-order valence-corrected chi connectivity index (χ4v) is 3.89. The van der Waals surface area contributed by atoms with Gasteiger partial charge < -0.3 is 10.2 Å². The third-order valence-electron chi connectivity index (χ3n) is 4.49. The molecule has 1 fully saturated rings. The molecule has 2 aromatic heterocycles. The van der Waals surface area contributed by atoms with E-state index in [9.17, 15) is 0 Å². The van der Waals surface area contributed by atoms with Crippen LogP contribution < -0.4 is 10.2 Å². The summed E-state index contributed by atoms with van der Waals surface area (Å²) < 4.78 is 0. The number of nitrogens with one attached hydrogen (secondary N) is 1. The van der Waals surface area contributed by atoms with Crippen molar-refractivity contribution in [3.05, 3.63) is 46.7 Å². The molecule has 5 heteroatoms. The number of aromatic nitrogens is 2. The van der Waals surface area contributed by atoms with Crippen LogP contribution in [-0.4, -0.2) is 23.1 Å². The Balaban J connectivity index is 1.67. The van der Waals surface area contributed by atoms with Crippen molar-refractivity contribution in [3.63, 3.8) is 0 Å². The number of nitrogens with zero attached hydrogens (tertiary/aromatic N) is 3. The lowest BCUT2D eigenvalue weighted by Gasteiger charge is -2.23. The highest BCUT2D eigenvalue weighted by Gasteiger charge is 2.16. The van der Waals surface area contributed by atoms with E-state index in [0.29, 0.717) is 0 Å². The van der Waals surface area contributed by atoms with E-state index in [0.717, 1.165) is 42.3 Å². The maximum absolute atomic E-state index is 4.87. The Kier molecular flexibility index (Phi) is 4.60. The van der Waals surface area contributed by atoms with Gasteiger partial charge in [0.25, 0.3) is 0 Å². The van der Waals surface area contributed by atoms with E-state index in [4.69, 9.17) is 9.97 Å². The maximum atomic E-state index is 4.87. The van der Waals surface area contributed by atoms with Gasteiger partial charge in [0.2, 0.25) is 5.95 Å². The lowest BCUT2D eigenvalue weighted by Crippen LogP contribution is -2.25. The maximum Gasteiger partial charge on any atom is 0.225 e. The Morgan fingerprint density at radius 1 is 0.958 bits per heavy atom. The molecule has 0 saturated carbocycles. The monoisotopic (exact) mass is 338 g/mol. The molecule has 3 aromatic rings. The number of fused-ring (bicyclic) bond motifs is 1. The van der Waals surface area contributed by atoms with Crippen molar-refractivity contribution < 1.29 is 0 Å². The van der Waals surface area contributed by atoms with Crippen molar-refractivity contribution >= 4 is 34.0 Å². The smallest absolute Gasteiger partial charge is 0.225 e. The van der Waals surface area contributed by atoms with E-state index in [2.05, 4.69) is 45.9 Å². The molecule has 0 amide bonds. The predicted octanol–water partition coefficient (Wildman–Crippen LogP) is 4.68. The van der Waals surface area contributed by atoms with Crippen LogP contribution in [0.4, 0.5) is 11.8 Å². The number of rotatable bonds is 4. The van der Waals surface area contributed by atoms with E-state index in [-0.39, 0.29) is 0 Å². The number of anilines is 2. The van der Waals surface area contributed by atoms with E-state index >= 15 is 0 Å². The average Bonchev–Trinajstić information content (AvgIpc) is 3.00. The first-order valence-corrected chi connectivity index (χ1v) is 9.56. The molecule has 1 N–H and O–H groups in total. The lowest BCUT2D eigenvalue weighted by molar-refractivity contribution is 0.726. The normalized spacial score (nSPS) is 15.4. The summed E-state index contributed by atoms with van der Waals surface area (Å²) in [6, 6.07) is 12.5. The third-order valence-corrected chi connectivity index (χ3v) is 5.37. The van der Waals surface area contributed by atoms with Gasteiger partial charge in [0.1, 0.15) is 5.82 Å². The highest BCUT2D eigenvalue weighted by molar-refractivity contribution is 7.09. The van der Waals surface area contributed by atoms with Crippen molar-refractivity contribution in [3.8, 4) is 0 Å². The summed E-state index contributed by atoms with van der Waals surface area (Å²) in [6.45, 7) is 2.95. The summed E-state index contributed by atoms with van der Waals surface area (Å²) in [5.41, 5.74) is 1.01. The number of thiophene rings is 1. The van der Waals surface area contributed by atoms with E-state index in [1.165, 1.54) is 30.6 Å². The molecule has 0 bridgehead atoms. The van der Waals surface area contributed by atoms with Crippen LogP contribution >= 0.6 is 11.3 Å². The summed E-state index contributed by atoms with van der Waals surface area (Å²) in [5.74, 6) is 1.80. The second kappa shape index (κ2) is 7.18. The molecule has 1 saturated heterocycles. The molecule has 124 valence electrons. The largest absolute Gasteiger partial charge is 0.356 e. The SMILES string of the molecule is c1csc(CNc2nc(N3CCCCCC3)c3ccccc3n2)c1. The van der Waals surface area contributed by atoms with Crippen molar-refractivity contribution in [2.24, 2.45) is 0 Å². The Morgan fingerprint density at radius 2 is 1.79 bits per heavy atom. The Morgan fingerprint density at radius 3 is 2.58 bits per heavy atom. The molecule has 1 aliphatic rings. The molecule has 0 atom stereocenters. The molecular weight excluding hydrogens is 316 g/mol. The standard InChI is InChI=1S/C19H22N4S/c1-2-6-12-23(11-5-1)18-16-9-3-4-10-17(16)21-19(22-18)20-14-15-8-7-13-24-15/h3-4,7-10,13H,1-2,5-6,11-12,14H2,(H,20,21,22). The number of para-hydroxylation sites is 1. The van der Waals surface area contributed by atoms with Crippen LogP contribution in [0.15, 0.2) is 41.8 Å². The van der Waals surface area contributed by atoms with Gasteiger partial charge in [0.05, 0.1) is 12.1 Å². The quantitative estimate of drug-likeness (QED) is 0.749. The van der Waals surface area contributed by atoms with Gasteiger partial charge in [-0.3, -0.25) is 0 Å². The van der Waals surface area contributed by atoms with Crippen LogP contribution in [0, 0.1) is 0 Å². The first kappa shape index (κ1) is 15.4. The molecular formula is C19H22N4S. The molecule has 3 heterocycles. The zero-order chi connectivity index (χ0) is 16.2. The highest BCUT2D eigenvalue weighted by atomic mass is 32.1. The van der Waals surface area contributed by atoms with Crippen molar-refractivity contribution in [1.29, 1.82) is 0 Å². The van der Waals surface area contributed by atoms with Gasteiger partial charge in [-0.05, 0) is 36.4 Å². The van der Waals surface area contributed by atoms with Crippen molar-refractivity contribution in [1.82, 2.24) is 9.97 Å². The second-order valence-electron chi connectivity index (χ2n) is 6.22. The molecule has 4 nitrogen and oxygen atoms in total. The minimum absolute atomic E-state index is 0.723. The first-order chi connectivity index (χ1) is 11.9. The number of benzene rings is 1. The third kappa shape index (κ3) is 3.36. The Bertz CT molecular complexity index is 792. The van der Waals surface area contributed by atoms with Gasteiger partial charge >= 0.3 is 0 Å². The molecule has 0 radical (unpaired) electrons. The molecule has 0 unspecified atom stereocenters. The molecule has 0 spiro atoms. The summed E-state index contributed by atoms with van der Waals surface area (Å²) in [5, 5.41) is 6.65. The molecule has 24 heavy (non-hydrogen) atoms. The van der Waals surface area contributed by atoms with Gasteiger partial charge in [-0.25, -0.2) is 4.98 Å². The number of hydrogen-bond acceptors (Lipinski definition) is 5. The predicted molar refractivity (Wildman–Crippen MR) is 102 cm³/mol. The van der Waals surface area contributed by atoms with Crippen LogP contribution in [0.1, 0.15) is 30.6 Å². The van der Waals surface area contributed by atoms with Crippen LogP contribution in [0.5, 0.6) is 0 Å². The molecule has 4 rings (SSSR count). The minimum Gasteiger partial charge on any atom is -0.356 e. The molecule has 1 aromatic carbocycles. The minimum atomic E-state index is 0.723. The zero-order valence-corrected chi connectivity index (χ0v) is 14.6. The van der Waals surface area contributed by atoms with E-state index < -0.39 is 0 Å². The topological polar surface area (TPSA) is 41.1 Å². The van der Waals surface area contributed by atoms with Crippen LogP contribution in [0.25, 0.3) is 10.9 Å². The van der Waals surface area contributed by atoms with Gasteiger partial charge in [-0.1, -0.05) is 31.0 Å². The van der Waals surface area contributed by atoms with Crippen LogP contribution in [0.3, 0.4) is 0 Å². The molecule has 1 aliphatic heterocycles. The average molecular weight is 338 g/mol. The van der Waals surface area contributed by atoms with E-state index in [1.54, 1.807) is 11.3 Å². The Labute approximate surface area is 146 Å². The number of hydrogen-bond donors (Lipinski definition) is 1. The lowest BCUT2D eigenvalue weighted by atomic mass is 10.2. The van der Waals surface area contributed by atoms with Crippen molar-refractivity contribution in [2.45, 2.75) is 32.2 Å². The van der Waals surface area contributed by atoms with Gasteiger partial charge in [-0.15, -0.1) is 11.3 Å². The van der Waals surface area contributed by atoms with Crippen molar-refractivity contribution in [2.75, 3.05) is 23.3 Å². The zero-order valence-electron chi connectivity index (χ0n) is 13.7. The summed E-state index contributed by atoms with van der Waals surface area (Å²) in [7, 11) is 0. The van der Waals surface area contributed by atoms with Crippen LogP contribution in [-0.2, 0) is 6.54 Å². The fraction of sp³-hybridized carbons (Fsp3) is 0.368. The second-order valence-corrected chi connectivity index (χ2v) is 7.25. The molecule has 0 aliphatic carbocycles. The summed E-state index contributed by atoms with van der Waals surface area (Å²) in [6.07, 6.45) is 5.14. The van der Waals surface area contributed by atoms with Gasteiger partial charge in [-0.2, -0.15) is 4.98 Å². The highest BCUT2D eigenvalue weighted by Crippen LogP contribution is 2.27. The van der Waals surface area contributed by atoms with E-state index in [1.807, 2.05) is 6.07 Å². The van der Waals surface area contributed by atoms with Gasteiger partial charge in [0, 0.05) is 23.4 Å². The summed E-state index contributed by atoms with van der Waals surface area (Å²) >= 11 is 1.75.